The minimum absolute atomic E-state index is 0.494. The summed E-state index contributed by atoms with van der Waals surface area (Å²) in [6, 6.07) is 0. The molecule has 0 nitrogen and oxygen atoms in total. The second kappa shape index (κ2) is 15.3. The first-order valence-electron chi connectivity index (χ1n) is 11.3. The maximum Gasteiger partial charge on any atom is -0.0357 e. The van der Waals surface area contributed by atoms with Crippen molar-refractivity contribution in [2.45, 2.75) is 138 Å². The molecule has 1 unspecified atom stereocenters. The van der Waals surface area contributed by atoms with E-state index >= 15 is 0 Å². The molecule has 0 heterocycles. The van der Waals surface area contributed by atoms with Crippen LogP contribution in [0.25, 0.3) is 0 Å². The van der Waals surface area contributed by atoms with Crippen molar-refractivity contribution in [3.8, 4) is 0 Å². The minimum Gasteiger partial charge on any atom is -0.0628 e. The van der Waals surface area contributed by atoms with Crippen LogP contribution in [0.15, 0.2) is 0 Å². The van der Waals surface area contributed by atoms with Crippen LogP contribution in [-0.4, -0.2) is 0 Å². The molecule has 1 atom stereocenters. The Bertz CT molecular complexity index is 245. The zero-order valence-corrected chi connectivity index (χ0v) is 18.3. The van der Waals surface area contributed by atoms with Gasteiger partial charge in [-0.05, 0) is 17.3 Å². The molecule has 0 aliphatic rings. The van der Waals surface area contributed by atoms with Gasteiger partial charge in [-0.3, -0.25) is 0 Å². The summed E-state index contributed by atoms with van der Waals surface area (Å²) in [5, 5.41) is 0. The van der Waals surface area contributed by atoms with Crippen LogP contribution in [0.2, 0.25) is 0 Å². The van der Waals surface area contributed by atoms with Crippen molar-refractivity contribution in [1.82, 2.24) is 0 Å². The van der Waals surface area contributed by atoms with Crippen molar-refractivity contribution in [1.29, 1.82) is 0 Å². The number of rotatable bonds is 16. The van der Waals surface area contributed by atoms with Gasteiger partial charge < -0.3 is 0 Å². The van der Waals surface area contributed by atoms with E-state index in [2.05, 4.69) is 41.5 Å². The maximum absolute atomic E-state index is 2.42. The van der Waals surface area contributed by atoms with E-state index in [1.807, 2.05) is 0 Å². The predicted molar refractivity (Wildman–Crippen MR) is 113 cm³/mol. The first-order chi connectivity index (χ1) is 11.3. The molecular formula is C24H50. The summed E-state index contributed by atoms with van der Waals surface area (Å²) in [5.74, 6) is 1.76. The third-order valence-electron chi connectivity index (χ3n) is 5.90. The van der Waals surface area contributed by atoms with Gasteiger partial charge in [0.1, 0.15) is 0 Å². The lowest BCUT2D eigenvalue weighted by Gasteiger charge is -2.27. The third-order valence-corrected chi connectivity index (χ3v) is 5.90. The fraction of sp³-hybridized carbons (Fsp3) is 1.00. The molecule has 0 rings (SSSR count). The molecule has 0 N–H and O–H groups in total. The summed E-state index contributed by atoms with van der Waals surface area (Å²) in [6.07, 6.45) is 21.9. The van der Waals surface area contributed by atoms with Crippen LogP contribution in [-0.2, 0) is 0 Å². The average Bonchev–Trinajstić information content (AvgIpc) is 2.49. The van der Waals surface area contributed by atoms with Crippen molar-refractivity contribution in [2.75, 3.05) is 0 Å². The molecule has 0 aromatic heterocycles. The zero-order valence-electron chi connectivity index (χ0n) is 18.3. The lowest BCUT2D eigenvalue weighted by atomic mass is 9.79. The summed E-state index contributed by atoms with van der Waals surface area (Å²) < 4.78 is 0. The van der Waals surface area contributed by atoms with E-state index in [0.717, 1.165) is 11.8 Å². The van der Waals surface area contributed by atoms with Crippen LogP contribution in [0.1, 0.15) is 138 Å². The molecule has 0 bridgehead atoms. The van der Waals surface area contributed by atoms with E-state index in [1.165, 1.54) is 96.3 Å². The summed E-state index contributed by atoms with van der Waals surface area (Å²) in [4.78, 5) is 0. The molecule has 0 aromatic rings. The molecule has 0 saturated carbocycles. The second-order valence-corrected chi connectivity index (χ2v) is 9.83. The maximum atomic E-state index is 2.42. The van der Waals surface area contributed by atoms with E-state index in [0.29, 0.717) is 5.41 Å². The van der Waals surface area contributed by atoms with Crippen LogP contribution in [0.4, 0.5) is 0 Å². The molecule has 146 valence electrons. The van der Waals surface area contributed by atoms with Gasteiger partial charge in [0.2, 0.25) is 0 Å². The highest BCUT2D eigenvalue weighted by atomic mass is 14.2. The van der Waals surface area contributed by atoms with Crippen LogP contribution in [0.3, 0.4) is 0 Å². The summed E-state index contributed by atoms with van der Waals surface area (Å²) >= 11 is 0. The first-order valence-corrected chi connectivity index (χ1v) is 11.3. The SMILES string of the molecule is CC(C)CCCCCCCCCCCCCCCC(C)C(C)(C)C. The van der Waals surface area contributed by atoms with E-state index < -0.39 is 0 Å². The Morgan fingerprint density at radius 1 is 0.458 bits per heavy atom. The topological polar surface area (TPSA) is 0 Å². The van der Waals surface area contributed by atoms with Crippen LogP contribution < -0.4 is 0 Å². The third kappa shape index (κ3) is 16.8. The molecule has 0 amide bonds. The molecule has 0 saturated heterocycles. The number of hydrogen-bond acceptors (Lipinski definition) is 0. The molecule has 0 aliphatic carbocycles. The van der Waals surface area contributed by atoms with Crippen LogP contribution in [0.5, 0.6) is 0 Å². The van der Waals surface area contributed by atoms with Gasteiger partial charge in [0.15, 0.2) is 0 Å². The van der Waals surface area contributed by atoms with Crippen molar-refractivity contribution < 1.29 is 0 Å². The highest BCUT2D eigenvalue weighted by Gasteiger charge is 2.18. The fourth-order valence-corrected chi connectivity index (χ4v) is 3.38. The van der Waals surface area contributed by atoms with E-state index in [4.69, 9.17) is 0 Å². The standard InChI is InChI=1S/C24H50/c1-22(2)20-18-16-14-12-10-8-7-9-11-13-15-17-19-21-23(3)24(4,5)6/h22-23H,7-21H2,1-6H3. The lowest BCUT2D eigenvalue weighted by molar-refractivity contribution is 0.240. The van der Waals surface area contributed by atoms with E-state index in [1.54, 1.807) is 0 Å². The van der Waals surface area contributed by atoms with Crippen molar-refractivity contribution in [3.63, 3.8) is 0 Å². The Kier molecular flexibility index (Phi) is 15.3. The molecule has 0 heteroatoms. The first kappa shape index (κ1) is 24.0. The monoisotopic (exact) mass is 338 g/mol. The Balaban J connectivity index is 3.13. The number of unbranched alkanes of at least 4 members (excludes halogenated alkanes) is 12. The Morgan fingerprint density at radius 2 is 0.750 bits per heavy atom. The van der Waals surface area contributed by atoms with E-state index in [9.17, 15) is 0 Å². The Labute approximate surface area is 155 Å². The molecule has 0 radical (unpaired) electrons. The predicted octanol–water partition coefficient (Wildman–Crippen LogP) is 9.18. The van der Waals surface area contributed by atoms with Gasteiger partial charge >= 0.3 is 0 Å². The molecule has 24 heavy (non-hydrogen) atoms. The van der Waals surface area contributed by atoms with Gasteiger partial charge in [-0.1, -0.05) is 138 Å². The van der Waals surface area contributed by atoms with Gasteiger partial charge in [0.05, 0.1) is 0 Å². The molecule has 0 fully saturated rings. The summed E-state index contributed by atoms with van der Waals surface area (Å²) in [5.41, 5.74) is 0.494. The average molecular weight is 339 g/mol. The van der Waals surface area contributed by atoms with Gasteiger partial charge in [0, 0.05) is 0 Å². The highest BCUT2D eigenvalue weighted by Crippen LogP contribution is 2.29. The summed E-state index contributed by atoms with van der Waals surface area (Å²) in [7, 11) is 0. The van der Waals surface area contributed by atoms with Gasteiger partial charge in [0.25, 0.3) is 0 Å². The van der Waals surface area contributed by atoms with Crippen LogP contribution in [0, 0.1) is 17.3 Å². The Hall–Kier alpha value is 0. The zero-order chi connectivity index (χ0) is 18.3. The smallest absolute Gasteiger partial charge is 0.0357 e. The van der Waals surface area contributed by atoms with E-state index in [-0.39, 0.29) is 0 Å². The Morgan fingerprint density at radius 3 is 1.04 bits per heavy atom. The molecular weight excluding hydrogens is 288 g/mol. The van der Waals surface area contributed by atoms with Crippen LogP contribution >= 0.6 is 0 Å². The lowest BCUT2D eigenvalue weighted by Crippen LogP contribution is -2.16. The second-order valence-electron chi connectivity index (χ2n) is 9.83. The minimum atomic E-state index is 0.494. The number of hydrogen-bond donors (Lipinski definition) is 0. The fourth-order valence-electron chi connectivity index (χ4n) is 3.38. The quantitative estimate of drug-likeness (QED) is 0.246. The largest absolute Gasteiger partial charge is 0.0628 e. The van der Waals surface area contributed by atoms with Gasteiger partial charge in [-0.15, -0.1) is 0 Å². The molecule has 0 aliphatic heterocycles. The van der Waals surface area contributed by atoms with Gasteiger partial charge in [-0.2, -0.15) is 0 Å². The molecule has 0 aromatic carbocycles. The highest BCUT2D eigenvalue weighted by molar-refractivity contribution is 4.69. The molecule has 0 spiro atoms. The van der Waals surface area contributed by atoms with Crippen molar-refractivity contribution >= 4 is 0 Å². The normalized spacial score (nSPS) is 13.6. The van der Waals surface area contributed by atoms with Crippen molar-refractivity contribution in [3.05, 3.63) is 0 Å². The van der Waals surface area contributed by atoms with Crippen molar-refractivity contribution in [2.24, 2.45) is 17.3 Å². The van der Waals surface area contributed by atoms with Gasteiger partial charge in [-0.25, -0.2) is 0 Å². The summed E-state index contributed by atoms with van der Waals surface area (Å²) in [6.45, 7) is 14.2.